The topological polar surface area (TPSA) is 116 Å². The number of anilines is 4. The van der Waals surface area contributed by atoms with Gasteiger partial charge in [0.1, 0.15) is 0 Å². The van der Waals surface area contributed by atoms with E-state index in [1.807, 2.05) is 12.4 Å². The van der Waals surface area contributed by atoms with Gasteiger partial charge in [0, 0.05) is 98.2 Å². The van der Waals surface area contributed by atoms with Crippen molar-refractivity contribution < 1.29 is 14.3 Å². The lowest BCUT2D eigenvalue weighted by Gasteiger charge is -2.40. The molecule has 0 aliphatic carbocycles. The molecule has 5 aromatic rings. The summed E-state index contributed by atoms with van der Waals surface area (Å²) >= 11 is 0. The number of carbonyl (C=O) groups is 2. The first-order valence-electron chi connectivity index (χ1n) is 20.4. The zero-order valence-corrected chi connectivity index (χ0v) is 34.4. The molecule has 3 aromatic carbocycles. The summed E-state index contributed by atoms with van der Waals surface area (Å²) in [6, 6.07) is 21.2. The van der Waals surface area contributed by atoms with E-state index in [1.165, 1.54) is 24.2 Å². The van der Waals surface area contributed by atoms with Crippen molar-refractivity contribution in [1.29, 1.82) is 0 Å². The van der Waals surface area contributed by atoms with E-state index >= 15 is 0 Å². The standard InChI is InChI=1S/C45H53N8O3P/c1-4-23-56-44-30(3)29(2)38(27-46-44)32-5-6-34-26-47-45(49-39(34)24-32)48-35-8-10-36(11-9-35)52-17-15-31(16-18-52)28-51-19-21-53(22-20-51)40-13-7-33(25-41(40)57)37-12-14-42(54)50-43(37)55/h5-11,13,24-27,31,37H,4,12,14-23,28,57H2,1-3H3,(H,47,48,49)(H,50,54,55). The predicted octanol–water partition coefficient (Wildman–Crippen LogP) is 6.90. The van der Waals surface area contributed by atoms with Crippen LogP contribution in [0.1, 0.15) is 61.6 Å². The Morgan fingerprint density at radius 2 is 1.65 bits per heavy atom. The Morgan fingerprint density at radius 3 is 2.39 bits per heavy atom. The van der Waals surface area contributed by atoms with Crippen molar-refractivity contribution in [3.8, 4) is 17.0 Å². The van der Waals surface area contributed by atoms with Gasteiger partial charge in [0.2, 0.25) is 23.6 Å². The molecule has 3 aliphatic rings. The number of piperidine rings is 2. The molecule has 2 unspecified atom stereocenters. The average molecular weight is 785 g/mol. The number of amides is 2. The first-order chi connectivity index (χ1) is 27.7. The van der Waals surface area contributed by atoms with Crippen LogP contribution in [0.25, 0.3) is 22.0 Å². The van der Waals surface area contributed by atoms with E-state index in [-0.39, 0.29) is 17.7 Å². The van der Waals surface area contributed by atoms with Gasteiger partial charge in [-0.2, -0.15) is 0 Å². The molecule has 0 spiro atoms. The van der Waals surface area contributed by atoms with E-state index in [0.29, 0.717) is 37.2 Å². The lowest BCUT2D eigenvalue weighted by molar-refractivity contribution is -0.134. The van der Waals surface area contributed by atoms with Crippen molar-refractivity contribution in [3.63, 3.8) is 0 Å². The van der Waals surface area contributed by atoms with Crippen LogP contribution in [0.4, 0.5) is 23.0 Å². The van der Waals surface area contributed by atoms with Gasteiger partial charge in [0.05, 0.1) is 18.0 Å². The van der Waals surface area contributed by atoms with Crippen LogP contribution in [0, 0.1) is 19.8 Å². The molecule has 3 saturated heterocycles. The Labute approximate surface area is 337 Å². The number of nitrogens with one attached hydrogen (secondary N) is 2. The van der Waals surface area contributed by atoms with Crippen LogP contribution in [-0.2, 0) is 9.59 Å². The summed E-state index contributed by atoms with van der Waals surface area (Å²) in [5.74, 6) is 1.36. The second-order valence-corrected chi connectivity index (χ2v) is 16.4. The smallest absolute Gasteiger partial charge is 0.234 e. The number of aromatic nitrogens is 3. The summed E-state index contributed by atoms with van der Waals surface area (Å²) in [4.78, 5) is 45.7. The fraction of sp³-hybridized carbons (Fsp3) is 0.400. The molecule has 2 atom stereocenters. The fourth-order valence-corrected chi connectivity index (χ4v) is 8.92. The van der Waals surface area contributed by atoms with Crippen molar-refractivity contribution in [2.24, 2.45) is 5.92 Å². The maximum absolute atomic E-state index is 12.4. The number of benzene rings is 3. The Morgan fingerprint density at radius 1 is 0.860 bits per heavy atom. The molecule has 2 N–H and O–H groups in total. The van der Waals surface area contributed by atoms with Gasteiger partial charge in [-0.1, -0.05) is 25.1 Å². The molecule has 12 heteroatoms. The van der Waals surface area contributed by atoms with Gasteiger partial charge in [0.15, 0.2) is 0 Å². The van der Waals surface area contributed by atoms with Gasteiger partial charge in [-0.05, 0) is 110 Å². The molecule has 57 heavy (non-hydrogen) atoms. The first-order valence-corrected chi connectivity index (χ1v) is 21.0. The van der Waals surface area contributed by atoms with Crippen LogP contribution < -0.4 is 30.5 Å². The molecule has 2 amide bonds. The number of hydrogen-bond acceptors (Lipinski definition) is 10. The number of piperazine rings is 1. The third kappa shape index (κ3) is 8.75. The molecule has 0 radical (unpaired) electrons. The number of pyridine rings is 1. The summed E-state index contributed by atoms with van der Waals surface area (Å²) in [5, 5.41) is 8.00. The zero-order chi connectivity index (χ0) is 39.5. The quantitative estimate of drug-likeness (QED) is 0.108. The van der Waals surface area contributed by atoms with Crippen molar-refractivity contribution in [2.75, 3.05) is 67.5 Å². The van der Waals surface area contributed by atoms with E-state index in [4.69, 9.17) is 9.72 Å². The molecule has 11 nitrogen and oxygen atoms in total. The van der Waals surface area contributed by atoms with Crippen LogP contribution in [0.2, 0.25) is 0 Å². The maximum atomic E-state index is 12.4. The third-order valence-electron chi connectivity index (χ3n) is 12.0. The zero-order valence-electron chi connectivity index (χ0n) is 33.3. The summed E-state index contributed by atoms with van der Waals surface area (Å²) in [6.45, 7) is 14.3. The number of fused-ring (bicyclic) bond motifs is 1. The van der Waals surface area contributed by atoms with E-state index in [1.54, 1.807) is 0 Å². The van der Waals surface area contributed by atoms with Crippen LogP contribution in [0.5, 0.6) is 5.88 Å². The molecular weight excluding hydrogens is 732 g/mol. The Balaban J connectivity index is 0.813. The van der Waals surface area contributed by atoms with Crippen LogP contribution in [0.3, 0.4) is 0 Å². The molecule has 2 aromatic heterocycles. The fourth-order valence-electron chi connectivity index (χ4n) is 8.45. The highest BCUT2D eigenvalue weighted by atomic mass is 31.0. The summed E-state index contributed by atoms with van der Waals surface area (Å²) in [6.07, 6.45) is 8.07. The normalized spacial score (nSPS) is 18.2. The Bertz CT molecular complexity index is 2250. The van der Waals surface area contributed by atoms with E-state index in [9.17, 15) is 9.59 Å². The minimum Gasteiger partial charge on any atom is -0.477 e. The predicted molar refractivity (Wildman–Crippen MR) is 232 cm³/mol. The minimum absolute atomic E-state index is 0.175. The highest BCUT2D eigenvalue weighted by Gasteiger charge is 2.29. The average Bonchev–Trinajstić information content (AvgIpc) is 3.22. The summed E-state index contributed by atoms with van der Waals surface area (Å²) in [7, 11) is 2.86. The number of hydrogen-bond donors (Lipinski definition) is 2. The van der Waals surface area contributed by atoms with Gasteiger partial charge < -0.3 is 19.9 Å². The van der Waals surface area contributed by atoms with Gasteiger partial charge >= 0.3 is 0 Å². The largest absolute Gasteiger partial charge is 0.477 e. The number of nitrogens with zero attached hydrogens (tertiary/aromatic N) is 6. The van der Waals surface area contributed by atoms with E-state index < -0.39 is 0 Å². The number of carbonyl (C=O) groups excluding carboxylic acids is 2. The van der Waals surface area contributed by atoms with Gasteiger partial charge in [-0.15, -0.1) is 9.24 Å². The summed E-state index contributed by atoms with van der Waals surface area (Å²) < 4.78 is 5.85. The van der Waals surface area contributed by atoms with Crippen molar-refractivity contribution >= 4 is 60.3 Å². The van der Waals surface area contributed by atoms with E-state index in [0.717, 1.165) is 102 Å². The lowest BCUT2D eigenvalue weighted by Crippen LogP contribution is -2.49. The molecule has 0 saturated carbocycles. The molecule has 0 bridgehead atoms. The molecule has 5 heterocycles. The molecule has 3 aliphatic heterocycles. The number of ether oxygens (including phenoxy) is 1. The van der Waals surface area contributed by atoms with Crippen LogP contribution in [0.15, 0.2) is 73.1 Å². The van der Waals surface area contributed by atoms with Crippen molar-refractivity contribution in [3.05, 3.63) is 89.7 Å². The van der Waals surface area contributed by atoms with Gasteiger partial charge in [-0.3, -0.25) is 19.8 Å². The Kier molecular flexibility index (Phi) is 11.7. The second kappa shape index (κ2) is 17.2. The van der Waals surface area contributed by atoms with Crippen LogP contribution >= 0.6 is 9.24 Å². The van der Waals surface area contributed by atoms with Crippen LogP contribution in [-0.4, -0.2) is 84.1 Å². The number of rotatable bonds is 11. The van der Waals surface area contributed by atoms with Crippen molar-refractivity contribution in [2.45, 2.75) is 58.8 Å². The number of imide groups is 1. The summed E-state index contributed by atoms with van der Waals surface area (Å²) in [5.41, 5.74) is 9.65. The van der Waals surface area contributed by atoms with Gasteiger partial charge in [-0.25, -0.2) is 15.0 Å². The Hall–Kier alpha value is -5.12. The molecule has 296 valence electrons. The second-order valence-electron chi connectivity index (χ2n) is 15.8. The molecule has 3 fully saturated rings. The minimum atomic E-state index is -0.254. The van der Waals surface area contributed by atoms with Crippen molar-refractivity contribution in [1.82, 2.24) is 25.2 Å². The maximum Gasteiger partial charge on any atom is 0.234 e. The highest BCUT2D eigenvalue weighted by molar-refractivity contribution is 7.28. The third-order valence-corrected chi connectivity index (χ3v) is 12.4. The molecular formula is C45H53N8O3P. The van der Waals surface area contributed by atoms with E-state index in [2.05, 4.69) is 126 Å². The highest BCUT2D eigenvalue weighted by Crippen LogP contribution is 2.32. The van der Waals surface area contributed by atoms with Gasteiger partial charge in [0.25, 0.3) is 0 Å². The SMILES string of the molecule is CCCOc1ncc(-c2ccc3cnc(Nc4ccc(N5CCC(CN6CCN(c7ccc(C8CCC(=O)NC8=O)cc7P)CC6)CC5)cc4)nc3c2)c(C)c1C. The molecule has 8 rings (SSSR count). The first kappa shape index (κ1) is 38.7. The monoisotopic (exact) mass is 784 g/mol. The lowest BCUT2D eigenvalue weighted by atomic mass is 9.90.